The lowest BCUT2D eigenvalue weighted by Gasteiger charge is -2.21. The number of anilines is 1. The van der Waals surface area contributed by atoms with Crippen LogP contribution in [0.25, 0.3) is 23.4 Å². The molecule has 0 fully saturated rings. The van der Waals surface area contributed by atoms with Gasteiger partial charge in [-0.05, 0) is 47.7 Å². The van der Waals surface area contributed by atoms with E-state index in [4.69, 9.17) is 21.6 Å². The van der Waals surface area contributed by atoms with E-state index in [0.717, 1.165) is 40.9 Å². The van der Waals surface area contributed by atoms with E-state index in [1.54, 1.807) is 0 Å². The summed E-state index contributed by atoms with van der Waals surface area (Å²) in [6.07, 6.45) is 5.35. The van der Waals surface area contributed by atoms with Gasteiger partial charge in [0.05, 0.1) is 11.4 Å². The van der Waals surface area contributed by atoms with Gasteiger partial charge in [-0.15, -0.1) is 0 Å². The molecule has 2 N–H and O–H groups in total. The van der Waals surface area contributed by atoms with Gasteiger partial charge in [0.2, 0.25) is 0 Å². The summed E-state index contributed by atoms with van der Waals surface area (Å²) in [7, 11) is 0. The summed E-state index contributed by atoms with van der Waals surface area (Å²) in [5, 5.41) is 14.6. The summed E-state index contributed by atoms with van der Waals surface area (Å²) in [4.78, 5) is 9.92. The number of nitrogens with one attached hydrogen (secondary N) is 1. The predicted molar refractivity (Wildman–Crippen MR) is 135 cm³/mol. The lowest BCUT2D eigenvalue weighted by Crippen LogP contribution is -2.24. The van der Waals surface area contributed by atoms with E-state index in [9.17, 15) is 5.11 Å². The Morgan fingerprint density at radius 2 is 1.64 bits per heavy atom. The van der Waals surface area contributed by atoms with Crippen molar-refractivity contribution in [1.82, 2.24) is 9.97 Å². The average molecular weight is 454 g/mol. The highest BCUT2D eigenvalue weighted by Gasteiger charge is 2.21. The van der Waals surface area contributed by atoms with Gasteiger partial charge in [-0.2, -0.15) is 0 Å². The van der Waals surface area contributed by atoms with Crippen molar-refractivity contribution in [2.75, 3.05) is 5.32 Å². The van der Waals surface area contributed by atoms with E-state index in [1.165, 1.54) is 5.56 Å². The smallest absolute Gasteiger partial charge is 0.154 e. The normalized spacial score (nSPS) is 13.4. The third kappa shape index (κ3) is 4.98. The number of aromatic nitrogens is 2. The van der Waals surface area contributed by atoms with Gasteiger partial charge in [-0.25, -0.2) is 9.97 Å². The number of hydrogen-bond acceptors (Lipinski definition) is 4. The maximum absolute atomic E-state index is 10.8. The molecule has 4 aromatic rings. The van der Waals surface area contributed by atoms with Gasteiger partial charge in [0.15, 0.2) is 5.82 Å². The number of aliphatic hydroxyl groups is 1. The molecule has 0 bridgehead atoms. The highest BCUT2D eigenvalue weighted by Crippen LogP contribution is 2.33. The van der Waals surface area contributed by atoms with Crippen LogP contribution in [-0.2, 0) is 19.3 Å². The van der Waals surface area contributed by atoms with E-state index < -0.39 is 6.23 Å². The van der Waals surface area contributed by atoms with Crippen LogP contribution in [0.2, 0.25) is 5.02 Å². The van der Waals surface area contributed by atoms with Gasteiger partial charge in [0.1, 0.15) is 11.9 Å². The predicted octanol–water partition coefficient (Wildman–Crippen LogP) is 6.04. The molecule has 33 heavy (non-hydrogen) atoms. The zero-order chi connectivity index (χ0) is 22.6. The molecule has 1 aliphatic rings. The van der Waals surface area contributed by atoms with Crippen molar-refractivity contribution in [3.05, 3.63) is 112 Å². The quantitative estimate of drug-likeness (QED) is 0.349. The Morgan fingerprint density at radius 1 is 0.879 bits per heavy atom. The fourth-order valence-electron chi connectivity index (χ4n) is 4.11. The van der Waals surface area contributed by atoms with Gasteiger partial charge in [0, 0.05) is 17.0 Å². The van der Waals surface area contributed by atoms with Gasteiger partial charge >= 0.3 is 0 Å². The third-order valence-corrected chi connectivity index (χ3v) is 6.03. The van der Waals surface area contributed by atoms with Crippen LogP contribution in [-0.4, -0.2) is 21.3 Å². The molecule has 1 aromatic heterocycles. The van der Waals surface area contributed by atoms with Crippen molar-refractivity contribution in [3.63, 3.8) is 0 Å². The van der Waals surface area contributed by atoms with E-state index in [0.29, 0.717) is 23.0 Å². The van der Waals surface area contributed by atoms with Crippen LogP contribution in [0, 0.1) is 0 Å². The maximum Gasteiger partial charge on any atom is 0.154 e. The minimum atomic E-state index is -0.807. The van der Waals surface area contributed by atoms with E-state index in [1.807, 2.05) is 72.8 Å². The molecule has 5 heteroatoms. The molecule has 5 rings (SSSR count). The summed E-state index contributed by atoms with van der Waals surface area (Å²) < 4.78 is 0. The van der Waals surface area contributed by atoms with Crippen LogP contribution in [0.1, 0.15) is 28.1 Å². The molecule has 0 saturated heterocycles. The molecule has 0 amide bonds. The zero-order valence-corrected chi connectivity index (χ0v) is 18.8. The summed E-state index contributed by atoms with van der Waals surface area (Å²) >= 11 is 5.98. The maximum atomic E-state index is 10.8. The highest BCUT2D eigenvalue weighted by atomic mass is 35.5. The molecule has 0 saturated carbocycles. The molecule has 1 unspecified atom stereocenters. The molecular weight excluding hydrogens is 430 g/mol. The highest BCUT2D eigenvalue weighted by molar-refractivity contribution is 6.30. The van der Waals surface area contributed by atoms with Crippen LogP contribution in [0.15, 0.2) is 78.9 Å². The van der Waals surface area contributed by atoms with Crippen LogP contribution in [0.5, 0.6) is 0 Å². The third-order valence-electron chi connectivity index (χ3n) is 5.78. The number of aryl methyl sites for hydroxylation is 2. The number of benzene rings is 3. The molecule has 0 spiro atoms. The summed E-state index contributed by atoms with van der Waals surface area (Å²) in [6, 6.07) is 25.9. The van der Waals surface area contributed by atoms with Gasteiger partial charge in [0.25, 0.3) is 0 Å². The first-order valence-corrected chi connectivity index (χ1v) is 11.4. The number of rotatable bonds is 6. The Labute approximate surface area is 198 Å². The van der Waals surface area contributed by atoms with Crippen molar-refractivity contribution in [3.8, 4) is 11.3 Å². The molecule has 4 nitrogen and oxygen atoms in total. The Kier molecular flexibility index (Phi) is 6.20. The fourth-order valence-corrected chi connectivity index (χ4v) is 4.24. The van der Waals surface area contributed by atoms with E-state index >= 15 is 0 Å². The van der Waals surface area contributed by atoms with E-state index in [2.05, 4.69) is 23.5 Å². The first-order chi connectivity index (χ1) is 16.2. The summed E-state index contributed by atoms with van der Waals surface area (Å²) in [6.45, 7) is 0. The van der Waals surface area contributed by atoms with Crippen molar-refractivity contribution in [1.29, 1.82) is 0 Å². The molecule has 0 radical (unpaired) electrons. The molecular formula is C28H24ClN3O. The first kappa shape index (κ1) is 21.4. The molecule has 164 valence electrons. The average Bonchev–Trinajstić information content (AvgIpc) is 2.84. The fraction of sp³-hybridized carbons (Fsp3) is 0.143. The van der Waals surface area contributed by atoms with Crippen LogP contribution < -0.4 is 5.32 Å². The number of nitrogens with zero attached hydrogens (tertiary/aromatic N) is 2. The number of halogens is 1. The second-order valence-electron chi connectivity index (χ2n) is 8.14. The molecule has 1 atom stereocenters. The Morgan fingerprint density at radius 3 is 2.45 bits per heavy atom. The lowest BCUT2D eigenvalue weighted by molar-refractivity contribution is 0.203. The molecule has 1 aliphatic carbocycles. The number of fused-ring (bicyclic) bond motifs is 3. The molecule has 3 aromatic carbocycles. The lowest BCUT2D eigenvalue weighted by atomic mass is 9.92. The second-order valence-corrected chi connectivity index (χ2v) is 8.58. The van der Waals surface area contributed by atoms with Crippen molar-refractivity contribution < 1.29 is 5.11 Å². The minimum absolute atomic E-state index is 0.431. The topological polar surface area (TPSA) is 58.0 Å². The largest absolute Gasteiger partial charge is 0.373 e. The SMILES string of the molecule is OC(Cc1ccc(Cl)cc1)Nc1nc2c(nc1/C=C/c1ccccc1)-c1ccccc1CC2. The monoisotopic (exact) mass is 453 g/mol. The number of hydrogen-bond donors (Lipinski definition) is 2. The zero-order valence-electron chi connectivity index (χ0n) is 18.1. The summed E-state index contributed by atoms with van der Waals surface area (Å²) in [5.74, 6) is 0.585. The second kappa shape index (κ2) is 9.57. The molecule has 0 aliphatic heterocycles. The standard InChI is InChI=1S/C28H24ClN3O/c29-22-14-10-20(11-15-22)18-26(33)32-28-25(16-12-19-6-2-1-3-7-19)30-27-23-9-5-4-8-21(23)13-17-24(27)31-28/h1-12,14-16,26,33H,13,17-18H2,(H,31,32)/b16-12+. The Hall–Kier alpha value is -3.47. The van der Waals surface area contributed by atoms with Gasteiger partial charge in [-0.3, -0.25) is 0 Å². The van der Waals surface area contributed by atoms with Gasteiger partial charge < -0.3 is 10.4 Å². The number of aliphatic hydroxyl groups excluding tert-OH is 1. The Bertz CT molecular complexity index is 1290. The van der Waals surface area contributed by atoms with Crippen molar-refractivity contribution >= 4 is 29.6 Å². The van der Waals surface area contributed by atoms with E-state index in [-0.39, 0.29) is 0 Å². The first-order valence-electron chi connectivity index (χ1n) is 11.1. The van der Waals surface area contributed by atoms with Crippen molar-refractivity contribution in [2.45, 2.75) is 25.5 Å². The van der Waals surface area contributed by atoms with Crippen LogP contribution in [0.4, 0.5) is 5.82 Å². The summed E-state index contributed by atoms with van der Waals surface area (Å²) in [5.41, 5.74) is 7.05. The van der Waals surface area contributed by atoms with Crippen molar-refractivity contribution in [2.24, 2.45) is 0 Å². The Balaban J connectivity index is 1.49. The van der Waals surface area contributed by atoms with Crippen LogP contribution in [0.3, 0.4) is 0 Å². The van der Waals surface area contributed by atoms with Crippen LogP contribution >= 0.6 is 11.6 Å². The minimum Gasteiger partial charge on any atom is -0.373 e. The van der Waals surface area contributed by atoms with Gasteiger partial charge in [-0.1, -0.05) is 84.4 Å². The molecule has 1 heterocycles.